The van der Waals surface area contributed by atoms with E-state index >= 15 is 0 Å². The zero-order valence-electron chi connectivity index (χ0n) is 13.3. The fourth-order valence-electron chi connectivity index (χ4n) is 5.23. The minimum atomic E-state index is -3.49. The Morgan fingerprint density at radius 2 is 1.57 bits per heavy atom. The summed E-state index contributed by atoms with van der Waals surface area (Å²) in [6, 6.07) is 8.79. The van der Waals surface area contributed by atoms with Gasteiger partial charge in [-0.25, -0.2) is 0 Å². The molecule has 4 bridgehead atoms. The molecule has 5 rings (SSSR count). The molecule has 126 valence electrons. The van der Waals surface area contributed by atoms with Crippen LogP contribution in [0.25, 0.3) is 0 Å². The maximum Gasteiger partial charge on any atom is 0.309 e. The maximum atomic E-state index is 12.2. The average molecular weight is 353 g/mol. The second-order valence-electron chi connectivity index (χ2n) is 7.61. The van der Waals surface area contributed by atoms with Gasteiger partial charge < -0.3 is 4.18 Å². The summed E-state index contributed by atoms with van der Waals surface area (Å²) in [6.07, 6.45) is 8.20. The molecule has 3 nitrogen and oxygen atoms in total. The van der Waals surface area contributed by atoms with Crippen LogP contribution in [0.15, 0.2) is 30.3 Å². The minimum Gasteiger partial charge on any atom is -0.382 e. The summed E-state index contributed by atoms with van der Waals surface area (Å²) in [4.78, 5) is 0. The summed E-state index contributed by atoms with van der Waals surface area (Å²) < 4.78 is 29.9. The molecule has 0 spiro atoms. The molecule has 0 radical (unpaired) electrons. The molecule has 1 aromatic carbocycles. The normalized spacial score (nSPS) is 35.4. The summed E-state index contributed by atoms with van der Waals surface area (Å²) >= 11 is 1.91. The van der Waals surface area contributed by atoms with Crippen molar-refractivity contribution in [3.05, 3.63) is 30.3 Å². The van der Waals surface area contributed by atoms with E-state index in [2.05, 4.69) is 0 Å². The van der Waals surface area contributed by atoms with E-state index < -0.39 is 10.1 Å². The Labute approximate surface area is 143 Å². The van der Waals surface area contributed by atoms with E-state index in [1.807, 2.05) is 17.8 Å². The van der Waals surface area contributed by atoms with Crippen molar-refractivity contribution in [2.45, 2.75) is 43.3 Å². The molecule has 4 fully saturated rings. The van der Waals surface area contributed by atoms with Crippen LogP contribution in [0.4, 0.5) is 0 Å². The van der Waals surface area contributed by atoms with E-state index in [-0.39, 0.29) is 5.75 Å². The third kappa shape index (κ3) is 3.55. The molecular formula is C18H24O3S2. The summed E-state index contributed by atoms with van der Waals surface area (Å²) in [5.41, 5.74) is 0. The van der Waals surface area contributed by atoms with Gasteiger partial charge in [-0.15, -0.1) is 0 Å². The van der Waals surface area contributed by atoms with Crippen LogP contribution in [-0.2, 0) is 10.1 Å². The van der Waals surface area contributed by atoms with Crippen molar-refractivity contribution in [1.82, 2.24) is 0 Å². The lowest BCUT2D eigenvalue weighted by molar-refractivity contribution is 0.0384. The number of thioether (sulfide) groups is 1. The minimum absolute atomic E-state index is 0.105. The van der Waals surface area contributed by atoms with Crippen molar-refractivity contribution in [2.24, 2.45) is 17.8 Å². The largest absolute Gasteiger partial charge is 0.382 e. The molecule has 4 aliphatic carbocycles. The van der Waals surface area contributed by atoms with Gasteiger partial charge in [0, 0.05) is 10.5 Å². The molecule has 23 heavy (non-hydrogen) atoms. The van der Waals surface area contributed by atoms with Gasteiger partial charge in [-0.2, -0.15) is 20.2 Å². The highest BCUT2D eigenvalue weighted by atomic mass is 32.2. The van der Waals surface area contributed by atoms with Gasteiger partial charge in [0.05, 0.1) is 5.75 Å². The molecule has 0 amide bonds. The quantitative estimate of drug-likeness (QED) is 0.723. The molecule has 0 unspecified atom stereocenters. The zero-order valence-corrected chi connectivity index (χ0v) is 14.9. The Kier molecular flexibility index (Phi) is 4.12. The van der Waals surface area contributed by atoms with Gasteiger partial charge in [0.2, 0.25) is 0 Å². The highest BCUT2D eigenvalue weighted by Crippen LogP contribution is 2.60. The molecule has 0 N–H and O–H groups in total. The van der Waals surface area contributed by atoms with Crippen LogP contribution in [-0.4, -0.2) is 24.7 Å². The average Bonchev–Trinajstić information content (AvgIpc) is 2.45. The third-order valence-electron chi connectivity index (χ3n) is 5.69. The predicted molar refractivity (Wildman–Crippen MR) is 94.2 cm³/mol. The van der Waals surface area contributed by atoms with E-state index in [0.717, 1.165) is 17.8 Å². The van der Waals surface area contributed by atoms with Crippen LogP contribution in [0, 0.1) is 17.8 Å². The van der Waals surface area contributed by atoms with Crippen LogP contribution >= 0.6 is 11.8 Å². The van der Waals surface area contributed by atoms with Crippen LogP contribution in [0.2, 0.25) is 0 Å². The summed E-state index contributed by atoms with van der Waals surface area (Å²) in [5.74, 6) is 3.89. The van der Waals surface area contributed by atoms with E-state index in [4.69, 9.17) is 4.18 Å². The van der Waals surface area contributed by atoms with E-state index in [1.54, 1.807) is 24.3 Å². The van der Waals surface area contributed by atoms with Crippen LogP contribution in [0.3, 0.4) is 0 Å². The fourth-order valence-corrected chi connectivity index (χ4v) is 8.36. The molecule has 0 aromatic heterocycles. The molecule has 1 aromatic rings. The highest BCUT2D eigenvalue weighted by molar-refractivity contribution is 8.01. The molecule has 0 atom stereocenters. The first kappa shape index (κ1) is 15.8. The molecular weight excluding hydrogens is 328 g/mol. The van der Waals surface area contributed by atoms with Crippen molar-refractivity contribution < 1.29 is 12.6 Å². The monoisotopic (exact) mass is 352 g/mol. The van der Waals surface area contributed by atoms with Gasteiger partial charge in [0.1, 0.15) is 5.75 Å². The second-order valence-corrected chi connectivity index (χ2v) is 10.9. The smallest absolute Gasteiger partial charge is 0.309 e. The van der Waals surface area contributed by atoms with E-state index in [0.29, 0.717) is 16.2 Å². The summed E-state index contributed by atoms with van der Waals surface area (Å²) in [6.45, 7) is 0. The van der Waals surface area contributed by atoms with E-state index in [1.165, 1.54) is 38.5 Å². The SMILES string of the molecule is O=S(=O)(CCSC12CC3CC(CC(C3)C1)C2)Oc1ccccc1. The van der Waals surface area contributed by atoms with Crippen molar-refractivity contribution >= 4 is 21.9 Å². The molecule has 0 aliphatic heterocycles. The highest BCUT2D eigenvalue weighted by Gasteiger charge is 2.51. The van der Waals surface area contributed by atoms with Crippen LogP contribution in [0.1, 0.15) is 38.5 Å². The van der Waals surface area contributed by atoms with Gasteiger partial charge in [-0.05, 0) is 68.4 Å². The lowest BCUT2D eigenvalue weighted by Gasteiger charge is -2.56. The van der Waals surface area contributed by atoms with Gasteiger partial charge in [-0.1, -0.05) is 18.2 Å². The first-order chi connectivity index (χ1) is 11.0. The predicted octanol–water partition coefficient (Wildman–Crippen LogP) is 4.10. The molecule has 0 heterocycles. The Balaban J connectivity index is 1.33. The van der Waals surface area contributed by atoms with Gasteiger partial charge in [0.25, 0.3) is 0 Å². The standard InChI is InChI=1S/C18H24O3S2/c19-23(20,21-17-4-2-1-3-5-17)7-6-22-18-11-14-8-15(12-18)10-16(9-14)13-18/h1-5,14-16H,6-13H2. The molecule has 4 saturated carbocycles. The fraction of sp³-hybridized carbons (Fsp3) is 0.667. The zero-order chi connectivity index (χ0) is 15.9. The molecule has 5 heteroatoms. The topological polar surface area (TPSA) is 43.4 Å². The number of hydrogen-bond donors (Lipinski definition) is 0. The second kappa shape index (κ2) is 5.99. The first-order valence-corrected chi connectivity index (χ1v) is 11.2. The number of para-hydroxylation sites is 1. The number of benzene rings is 1. The number of rotatable bonds is 6. The van der Waals surface area contributed by atoms with Crippen molar-refractivity contribution in [3.63, 3.8) is 0 Å². The van der Waals surface area contributed by atoms with Crippen molar-refractivity contribution in [2.75, 3.05) is 11.5 Å². The van der Waals surface area contributed by atoms with Gasteiger partial charge in [0.15, 0.2) is 0 Å². The lowest BCUT2D eigenvalue weighted by atomic mass is 9.56. The Hall–Kier alpha value is -0.680. The van der Waals surface area contributed by atoms with Crippen molar-refractivity contribution in [1.29, 1.82) is 0 Å². The van der Waals surface area contributed by atoms with Gasteiger partial charge in [-0.3, -0.25) is 0 Å². The Bertz CT molecular complexity index is 619. The molecule has 0 saturated heterocycles. The third-order valence-corrected chi connectivity index (χ3v) is 8.62. The lowest BCUT2D eigenvalue weighted by Crippen LogP contribution is -2.48. The van der Waals surface area contributed by atoms with Gasteiger partial charge >= 0.3 is 10.1 Å². The maximum absolute atomic E-state index is 12.2. The van der Waals surface area contributed by atoms with Crippen molar-refractivity contribution in [3.8, 4) is 5.75 Å². The Morgan fingerprint density at radius 1 is 1.00 bits per heavy atom. The summed E-state index contributed by atoms with van der Waals surface area (Å²) in [5, 5.41) is 0. The molecule has 4 aliphatic rings. The van der Waals surface area contributed by atoms with Crippen LogP contribution < -0.4 is 4.18 Å². The van der Waals surface area contributed by atoms with Crippen LogP contribution in [0.5, 0.6) is 5.75 Å². The first-order valence-electron chi connectivity index (χ1n) is 8.63. The summed E-state index contributed by atoms with van der Waals surface area (Å²) in [7, 11) is -3.49. The number of hydrogen-bond acceptors (Lipinski definition) is 4. The van der Waals surface area contributed by atoms with E-state index in [9.17, 15) is 8.42 Å². The Morgan fingerprint density at radius 3 is 2.13 bits per heavy atom.